The number of alkyl halides is 3. The van der Waals surface area contributed by atoms with Crippen LogP contribution in [0, 0.1) is 12.7 Å². The van der Waals surface area contributed by atoms with Gasteiger partial charge in [0.15, 0.2) is 0 Å². The number of nitrogens with one attached hydrogen (secondary N) is 1. The molecule has 0 fully saturated rings. The van der Waals surface area contributed by atoms with E-state index in [0.29, 0.717) is 18.7 Å². The number of nitrogens with zero attached hydrogens (tertiary/aromatic N) is 1. The molecular formula is C16H15F4N3O. The Morgan fingerprint density at radius 2 is 2.04 bits per heavy atom. The zero-order chi connectivity index (χ0) is 17.8. The maximum absolute atomic E-state index is 14.6. The Morgan fingerprint density at radius 3 is 2.54 bits per heavy atom. The number of aromatic amines is 1. The molecule has 3 rings (SSSR count). The average Bonchev–Trinajstić information content (AvgIpc) is 3.02. The van der Waals surface area contributed by atoms with E-state index in [9.17, 15) is 22.4 Å². The quantitative estimate of drug-likeness (QED) is 0.825. The molecule has 1 aromatic heterocycles. The molecule has 0 spiro atoms. The predicted molar refractivity (Wildman–Crippen MR) is 82.0 cm³/mol. The summed E-state index contributed by atoms with van der Waals surface area (Å²) in [6.07, 6.45) is -2.88. The van der Waals surface area contributed by atoms with Crippen LogP contribution in [0.3, 0.4) is 0 Å². The second-order valence-electron chi connectivity index (χ2n) is 5.94. The van der Waals surface area contributed by atoms with Crippen molar-refractivity contribution in [1.29, 1.82) is 0 Å². The zero-order valence-electron chi connectivity index (χ0n) is 13.0. The van der Waals surface area contributed by atoms with Crippen molar-refractivity contribution in [2.75, 3.05) is 20.1 Å². The van der Waals surface area contributed by atoms with Crippen molar-refractivity contribution < 1.29 is 22.4 Å². The number of carbonyl (C=O) groups is 1. The number of aromatic nitrogens is 1. The topological polar surface area (TPSA) is 62.1 Å². The fourth-order valence-corrected chi connectivity index (χ4v) is 3.16. The molecule has 4 nitrogen and oxygen atoms in total. The molecule has 1 aliphatic heterocycles. The largest absolute Gasteiger partial charge is 0.431 e. The summed E-state index contributed by atoms with van der Waals surface area (Å²) in [6, 6.07) is 0.898. The predicted octanol–water partition coefficient (Wildman–Crippen LogP) is 3.06. The smallest absolute Gasteiger partial charge is 0.366 e. The van der Waals surface area contributed by atoms with Crippen molar-refractivity contribution in [3.63, 3.8) is 0 Å². The van der Waals surface area contributed by atoms with Gasteiger partial charge in [0.2, 0.25) is 0 Å². The Kier molecular flexibility index (Phi) is 3.67. The summed E-state index contributed by atoms with van der Waals surface area (Å²) in [5.74, 6) is -1.74. The number of aryl methyl sites for hydroxylation is 1. The molecule has 2 aromatic rings. The average molecular weight is 341 g/mol. The van der Waals surface area contributed by atoms with Crippen LogP contribution in [0.4, 0.5) is 17.6 Å². The standard InChI is InChI=1S/C16H15F4N3O/c1-7-11-12(8-3-4-23(2)6-8)10(17)5-9(15(21)24)13(11)22-14(7)16(18,19)20/h3,5,22H,4,6H2,1-2H3,(H2,21,24). The molecule has 8 heteroatoms. The van der Waals surface area contributed by atoms with Crippen LogP contribution in [0.15, 0.2) is 12.1 Å². The van der Waals surface area contributed by atoms with E-state index in [0.717, 1.165) is 6.07 Å². The van der Waals surface area contributed by atoms with Gasteiger partial charge in [-0.1, -0.05) is 6.08 Å². The Balaban J connectivity index is 2.41. The van der Waals surface area contributed by atoms with Crippen LogP contribution in [-0.2, 0) is 6.18 Å². The lowest BCUT2D eigenvalue weighted by Gasteiger charge is -2.12. The lowest BCUT2D eigenvalue weighted by molar-refractivity contribution is -0.141. The van der Waals surface area contributed by atoms with Gasteiger partial charge in [-0.25, -0.2) is 4.39 Å². The van der Waals surface area contributed by atoms with E-state index >= 15 is 0 Å². The Morgan fingerprint density at radius 1 is 1.38 bits per heavy atom. The van der Waals surface area contributed by atoms with Crippen molar-refractivity contribution in [2.45, 2.75) is 13.1 Å². The molecule has 0 atom stereocenters. The number of nitrogens with two attached hydrogens (primary N) is 1. The van der Waals surface area contributed by atoms with Gasteiger partial charge in [0, 0.05) is 24.0 Å². The molecule has 2 heterocycles. The molecule has 0 saturated heterocycles. The normalized spacial score (nSPS) is 16.0. The maximum Gasteiger partial charge on any atom is 0.431 e. The van der Waals surface area contributed by atoms with E-state index in [1.54, 1.807) is 6.08 Å². The fraction of sp³-hybridized carbons (Fsp3) is 0.312. The minimum Gasteiger partial charge on any atom is -0.366 e. The van der Waals surface area contributed by atoms with Gasteiger partial charge in [0.1, 0.15) is 11.5 Å². The number of likely N-dealkylation sites (N-methyl/N-ethyl adjacent to an activating group) is 1. The number of hydrogen-bond donors (Lipinski definition) is 2. The second-order valence-corrected chi connectivity index (χ2v) is 5.94. The molecule has 0 saturated carbocycles. The van der Waals surface area contributed by atoms with Gasteiger partial charge in [-0.15, -0.1) is 0 Å². The summed E-state index contributed by atoms with van der Waals surface area (Å²) in [5, 5.41) is 0.0534. The van der Waals surface area contributed by atoms with Gasteiger partial charge in [-0.05, 0) is 31.2 Å². The lowest BCUT2D eigenvalue weighted by atomic mass is 9.95. The highest BCUT2D eigenvalue weighted by atomic mass is 19.4. The van der Waals surface area contributed by atoms with E-state index in [-0.39, 0.29) is 27.6 Å². The first-order chi connectivity index (χ1) is 11.1. The van der Waals surface area contributed by atoms with E-state index in [2.05, 4.69) is 4.98 Å². The van der Waals surface area contributed by atoms with Crippen molar-refractivity contribution in [3.8, 4) is 0 Å². The first-order valence-electron chi connectivity index (χ1n) is 7.21. The number of fused-ring (bicyclic) bond motifs is 1. The summed E-state index contributed by atoms with van der Waals surface area (Å²) in [4.78, 5) is 15.7. The van der Waals surface area contributed by atoms with Crippen LogP contribution in [0.2, 0.25) is 0 Å². The van der Waals surface area contributed by atoms with Crippen molar-refractivity contribution in [1.82, 2.24) is 9.88 Å². The SMILES string of the molecule is Cc1c(C(F)(F)F)[nH]c2c(C(N)=O)cc(F)c(C3=CCN(C)C3)c12. The van der Waals surface area contributed by atoms with Crippen LogP contribution in [0.5, 0.6) is 0 Å². The third-order valence-electron chi connectivity index (χ3n) is 4.24. The minimum atomic E-state index is -4.65. The third-order valence-corrected chi connectivity index (χ3v) is 4.24. The first-order valence-corrected chi connectivity index (χ1v) is 7.21. The van der Waals surface area contributed by atoms with Crippen LogP contribution in [-0.4, -0.2) is 35.9 Å². The minimum absolute atomic E-state index is 0.0534. The summed E-state index contributed by atoms with van der Waals surface area (Å²) >= 11 is 0. The molecule has 3 N–H and O–H groups in total. The number of carbonyl (C=O) groups excluding carboxylic acids is 1. The summed E-state index contributed by atoms with van der Waals surface area (Å²) in [7, 11) is 1.82. The molecule has 1 aliphatic rings. The first kappa shape index (κ1) is 16.5. The molecule has 0 bridgehead atoms. The molecular weight excluding hydrogens is 326 g/mol. The monoisotopic (exact) mass is 341 g/mol. The van der Waals surface area contributed by atoms with Crippen LogP contribution >= 0.6 is 0 Å². The van der Waals surface area contributed by atoms with Crippen molar-refractivity contribution in [2.24, 2.45) is 5.73 Å². The van der Waals surface area contributed by atoms with E-state index in [1.807, 2.05) is 11.9 Å². The van der Waals surface area contributed by atoms with Crippen molar-refractivity contribution >= 4 is 22.4 Å². The van der Waals surface area contributed by atoms with Crippen LogP contribution < -0.4 is 5.73 Å². The summed E-state index contributed by atoms with van der Waals surface area (Å²) in [5.41, 5.74) is 4.36. The lowest BCUT2D eigenvalue weighted by Crippen LogP contribution is -2.15. The molecule has 1 amide bonds. The highest BCUT2D eigenvalue weighted by Crippen LogP contribution is 2.40. The fourth-order valence-electron chi connectivity index (χ4n) is 3.16. The maximum atomic E-state index is 14.6. The zero-order valence-corrected chi connectivity index (χ0v) is 13.0. The van der Waals surface area contributed by atoms with Gasteiger partial charge in [0.25, 0.3) is 5.91 Å². The molecule has 128 valence electrons. The summed E-state index contributed by atoms with van der Waals surface area (Å²) < 4.78 is 54.3. The third kappa shape index (κ3) is 2.47. The number of primary amides is 1. The Bertz CT molecular complexity index is 880. The molecule has 0 aliphatic carbocycles. The molecule has 1 aromatic carbocycles. The van der Waals surface area contributed by atoms with Gasteiger partial charge in [0.05, 0.1) is 11.1 Å². The van der Waals surface area contributed by atoms with Gasteiger partial charge >= 0.3 is 6.18 Å². The van der Waals surface area contributed by atoms with Gasteiger partial charge in [-0.2, -0.15) is 13.2 Å². The van der Waals surface area contributed by atoms with Crippen LogP contribution in [0.25, 0.3) is 16.5 Å². The number of halogens is 4. The van der Waals surface area contributed by atoms with E-state index < -0.39 is 23.6 Å². The van der Waals surface area contributed by atoms with Gasteiger partial charge in [-0.3, -0.25) is 9.69 Å². The molecule has 0 radical (unpaired) electrons. The number of rotatable bonds is 2. The number of amides is 1. The number of H-pyrrole nitrogens is 1. The molecule has 0 unspecified atom stereocenters. The second kappa shape index (κ2) is 5.34. The highest BCUT2D eigenvalue weighted by molar-refractivity contribution is 6.09. The van der Waals surface area contributed by atoms with E-state index in [4.69, 9.17) is 5.73 Å². The highest BCUT2D eigenvalue weighted by Gasteiger charge is 2.37. The Hall–Kier alpha value is -2.35. The van der Waals surface area contributed by atoms with E-state index in [1.165, 1.54) is 6.92 Å². The van der Waals surface area contributed by atoms with Crippen molar-refractivity contribution in [3.05, 3.63) is 40.3 Å². The number of benzene rings is 1. The summed E-state index contributed by atoms with van der Waals surface area (Å²) in [6.45, 7) is 2.24. The Labute approximate surface area is 134 Å². The van der Waals surface area contributed by atoms with Crippen LogP contribution in [0.1, 0.15) is 27.2 Å². The number of hydrogen-bond acceptors (Lipinski definition) is 2. The molecule has 24 heavy (non-hydrogen) atoms. The van der Waals surface area contributed by atoms with Gasteiger partial charge < -0.3 is 10.7 Å².